The number of hydrogen-bond acceptors (Lipinski definition) is 3. The molecule has 0 amide bonds. The summed E-state index contributed by atoms with van der Waals surface area (Å²) in [5.74, 6) is -0.0998. The molecule has 0 unspecified atom stereocenters. The smallest absolute Gasteiger partial charge is 0.170 e. The quantitative estimate of drug-likeness (QED) is 0.669. The fourth-order valence-corrected chi connectivity index (χ4v) is 2.90. The lowest BCUT2D eigenvalue weighted by molar-refractivity contribution is -0.212. The van der Waals surface area contributed by atoms with E-state index in [2.05, 4.69) is 20.8 Å². The molecular formula is C12H22O3. The second kappa shape index (κ2) is 3.72. The summed E-state index contributed by atoms with van der Waals surface area (Å²) in [6.45, 7) is 7.92. The average Bonchev–Trinajstić information content (AvgIpc) is 2.50. The van der Waals surface area contributed by atoms with E-state index in [9.17, 15) is 5.11 Å². The summed E-state index contributed by atoms with van der Waals surface area (Å²) in [5.41, 5.74) is 0.166. The maximum atomic E-state index is 10.2. The Bertz CT molecular complexity index is 226. The highest BCUT2D eigenvalue weighted by atomic mass is 16.7. The Morgan fingerprint density at radius 3 is 2.27 bits per heavy atom. The maximum Gasteiger partial charge on any atom is 0.170 e. The standard InChI is InChI=1S/C12H22O3/c1-11(2,3)9-4-5-12(8-10(9)13)14-6-7-15-12/h9-10,13H,4-8H2,1-3H3/t9-,10-/m0/s1. The van der Waals surface area contributed by atoms with Gasteiger partial charge in [-0.1, -0.05) is 20.8 Å². The summed E-state index contributed by atoms with van der Waals surface area (Å²) in [6, 6.07) is 0. The Morgan fingerprint density at radius 2 is 1.80 bits per heavy atom. The lowest BCUT2D eigenvalue weighted by Gasteiger charge is -2.44. The summed E-state index contributed by atoms with van der Waals surface area (Å²) in [5, 5.41) is 10.2. The largest absolute Gasteiger partial charge is 0.393 e. The minimum absolute atomic E-state index is 0.166. The van der Waals surface area contributed by atoms with Crippen LogP contribution in [0.1, 0.15) is 40.0 Å². The molecule has 1 spiro atoms. The van der Waals surface area contributed by atoms with Crippen LogP contribution in [0.25, 0.3) is 0 Å². The summed E-state index contributed by atoms with van der Waals surface area (Å²) in [4.78, 5) is 0. The van der Waals surface area contributed by atoms with Gasteiger partial charge in [0.2, 0.25) is 0 Å². The van der Waals surface area contributed by atoms with Gasteiger partial charge in [0, 0.05) is 12.8 Å². The van der Waals surface area contributed by atoms with Gasteiger partial charge >= 0.3 is 0 Å². The number of hydrogen-bond donors (Lipinski definition) is 1. The Kier molecular flexibility index (Phi) is 2.82. The van der Waals surface area contributed by atoms with Crippen LogP contribution in [0.15, 0.2) is 0 Å². The number of ether oxygens (including phenoxy) is 2. The molecule has 88 valence electrons. The Hall–Kier alpha value is -0.120. The van der Waals surface area contributed by atoms with Crippen LogP contribution in [-0.2, 0) is 9.47 Å². The van der Waals surface area contributed by atoms with Gasteiger partial charge in [0.05, 0.1) is 19.3 Å². The molecule has 1 saturated heterocycles. The lowest BCUT2D eigenvalue weighted by Crippen LogP contribution is -2.46. The number of rotatable bonds is 0. The molecule has 2 fully saturated rings. The highest BCUT2D eigenvalue weighted by Gasteiger charge is 2.47. The van der Waals surface area contributed by atoms with E-state index in [0.717, 1.165) is 12.8 Å². The second-order valence-corrected chi connectivity index (χ2v) is 5.89. The van der Waals surface area contributed by atoms with Crippen molar-refractivity contribution in [3.8, 4) is 0 Å². The van der Waals surface area contributed by atoms with Gasteiger partial charge in [-0.2, -0.15) is 0 Å². The van der Waals surface area contributed by atoms with Crippen LogP contribution < -0.4 is 0 Å². The molecule has 2 atom stereocenters. The first kappa shape index (κ1) is 11.4. The minimum Gasteiger partial charge on any atom is -0.393 e. The molecule has 1 aliphatic heterocycles. The van der Waals surface area contributed by atoms with Crippen LogP contribution in [0.4, 0.5) is 0 Å². The van der Waals surface area contributed by atoms with Crippen molar-refractivity contribution in [3.63, 3.8) is 0 Å². The van der Waals surface area contributed by atoms with Crippen molar-refractivity contribution >= 4 is 0 Å². The summed E-state index contributed by atoms with van der Waals surface area (Å²) >= 11 is 0. The van der Waals surface area contributed by atoms with E-state index >= 15 is 0 Å². The molecule has 2 aliphatic rings. The molecule has 1 N–H and O–H groups in total. The Morgan fingerprint density at radius 1 is 1.20 bits per heavy atom. The van der Waals surface area contributed by atoms with Gasteiger partial charge in [-0.05, 0) is 17.8 Å². The van der Waals surface area contributed by atoms with Crippen molar-refractivity contribution in [1.82, 2.24) is 0 Å². The van der Waals surface area contributed by atoms with Crippen LogP contribution in [0.2, 0.25) is 0 Å². The van der Waals surface area contributed by atoms with Gasteiger partial charge in [0.1, 0.15) is 0 Å². The molecule has 0 radical (unpaired) electrons. The van der Waals surface area contributed by atoms with Crippen LogP contribution in [-0.4, -0.2) is 30.2 Å². The van der Waals surface area contributed by atoms with Crippen molar-refractivity contribution in [1.29, 1.82) is 0 Å². The zero-order valence-electron chi connectivity index (χ0n) is 9.95. The number of aliphatic hydroxyl groups excluding tert-OH is 1. The van der Waals surface area contributed by atoms with E-state index in [0.29, 0.717) is 25.6 Å². The van der Waals surface area contributed by atoms with Crippen LogP contribution in [0, 0.1) is 11.3 Å². The zero-order chi connectivity index (χ0) is 11.1. The fourth-order valence-electron chi connectivity index (χ4n) is 2.90. The topological polar surface area (TPSA) is 38.7 Å². The van der Waals surface area contributed by atoms with E-state index < -0.39 is 5.79 Å². The predicted octanol–water partition coefficient (Wildman–Crippen LogP) is 1.94. The van der Waals surface area contributed by atoms with Crippen molar-refractivity contribution < 1.29 is 14.6 Å². The van der Waals surface area contributed by atoms with Gasteiger partial charge in [-0.15, -0.1) is 0 Å². The monoisotopic (exact) mass is 214 g/mol. The van der Waals surface area contributed by atoms with Crippen molar-refractivity contribution in [2.24, 2.45) is 11.3 Å². The molecular weight excluding hydrogens is 192 g/mol. The third kappa shape index (κ3) is 2.19. The third-order valence-corrected chi connectivity index (χ3v) is 3.75. The molecule has 1 heterocycles. The molecule has 0 aromatic heterocycles. The number of aliphatic hydroxyl groups is 1. The maximum absolute atomic E-state index is 10.2. The Balaban J connectivity index is 2.02. The SMILES string of the molecule is CC(C)(C)[C@H]1CCC2(C[C@@H]1O)OCCO2. The molecule has 1 saturated carbocycles. The zero-order valence-corrected chi connectivity index (χ0v) is 9.95. The van der Waals surface area contributed by atoms with E-state index in [1.165, 1.54) is 0 Å². The highest BCUT2D eigenvalue weighted by Crippen LogP contribution is 2.44. The summed E-state index contributed by atoms with van der Waals surface area (Å²) in [6.07, 6.45) is 2.25. The molecule has 3 heteroatoms. The summed E-state index contributed by atoms with van der Waals surface area (Å²) in [7, 11) is 0. The second-order valence-electron chi connectivity index (χ2n) is 5.89. The molecule has 0 aromatic carbocycles. The Labute approximate surface area is 91.8 Å². The van der Waals surface area contributed by atoms with Crippen LogP contribution >= 0.6 is 0 Å². The first-order valence-electron chi connectivity index (χ1n) is 5.89. The van der Waals surface area contributed by atoms with Gasteiger partial charge in [0.15, 0.2) is 5.79 Å². The molecule has 3 nitrogen and oxygen atoms in total. The summed E-state index contributed by atoms with van der Waals surface area (Å²) < 4.78 is 11.3. The normalized spacial score (nSPS) is 36.0. The van der Waals surface area contributed by atoms with Crippen molar-refractivity contribution in [3.05, 3.63) is 0 Å². The third-order valence-electron chi connectivity index (χ3n) is 3.75. The van der Waals surface area contributed by atoms with Crippen molar-refractivity contribution in [2.45, 2.75) is 51.9 Å². The van der Waals surface area contributed by atoms with Gasteiger partial charge in [0.25, 0.3) is 0 Å². The van der Waals surface area contributed by atoms with E-state index in [4.69, 9.17) is 9.47 Å². The molecule has 0 bridgehead atoms. The average molecular weight is 214 g/mol. The lowest BCUT2D eigenvalue weighted by atomic mass is 9.69. The van der Waals surface area contributed by atoms with Crippen molar-refractivity contribution in [2.75, 3.05) is 13.2 Å². The van der Waals surface area contributed by atoms with E-state index in [1.54, 1.807) is 0 Å². The predicted molar refractivity (Wildman–Crippen MR) is 57.4 cm³/mol. The van der Waals surface area contributed by atoms with Gasteiger partial charge in [-0.25, -0.2) is 0 Å². The molecule has 15 heavy (non-hydrogen) atoms. The van der Waals surface area contributed by atoms with Crippen LogP contribution in [0.3, 0.4) is 0 Å². The van der Waals surface area contributed by atoms with E-state index in [-0.39, 0.29) is 11.5 Å². The minimum atomic E-state index is -0.457. The molecule has 2 rings (SSSR count). The van der Waals surface area contributed by atoms with Gasteiger partial charge < -0.3 is 14.6 Å². The molecule has 1 aliphatic carbocycles. The molecule has 0 aromatic rings. The highest BCUT2D eigenvalue weighted by molar-refractivity contribution is 4.92. The van der Waals surface area contributed by atoms with E-state index in [1.807, 2.05) is 0 Å². The van der Waals surface area contributed by atoms with Crippen LogP contribution in [0.5, 0.6) is 0 Å². The fraction of sp³-hybridized carbons (Fsp3) is 1.00. The first-order chi connectivity index (χ1) is 6.93. The first-order valence-corrected chi connectivity index (χ1v) is 5.89. The van der Waals surface area contributed by atoms with Gasteiger partial charge in [-0.3, -0.25) is 0 Å².